The third-order valence-electron chi connectivity index (χ3n) is 2.50. The van der Waals surface area contributed by atoms with Crippen molar-refractivity contribution in [3.8, 4) is 11.5 Å². The van der Waals surface area contributed by atoms with E-state index in [-0.39, 0.29) is 0 Å². The average Bonchev–Trinajstić information content (AvgIpc) is 2.78. The van der Waals surface area contributed by atoms with Gasteiger partial charge in [0.2, 0.25) is 11.8 Å². The van der Waals surface area contributed by atoms with Gasteiger partial charge in [-0.2, -0.15) is 0 Å². The lowest BCUT2D eigenvalue weighted by Crippen LogP contribution is -1.90. The fourth-order valence-electron chi connectivity index (χ4n) is 1.31. The molecule has 0 radical (unpaired) electrons. The number of aromatic nitrogens is 2. The van der Waals surface area contributed by atoms with Crippen LogP contribution in [0.1, 0.15) is 32.1 Å². The van der Waals surface area contributed by atoms with Crippen LogP contribution in [0.3, 0.4) is 0 Å². The van der Waals surface area contributed by atoms with Crippen LogP contribution in [0.2, 0.25) is 0 Å². The van der Waals surface area contributed by atoms with Gasteiger partial charge in [-0.3, -0.25) is 0 Å². The van der Waals surface area contributed by atoms with E-state index in [2.05, 4.69) is 24.0 Å². The minimum atomic E-state index is 0.329. The summed E-state index contributed by atoms with van der Waals surface area (Å²) < 4.78 is 5.60. The van der Waals surface area contributed by atoms with E-state index in [1.165, 1.54) is 0 Å². The molecular weight excluding hydrogens is 188 g/mol. The summed E-state index contributed by atoms with van der Waals surface area (Å²) in [5.74, 6) is 1.65. The Bertz CT molecular complexity index is 422. The van der Waals surface area contributed by atoms with E-state index in [1.54, 1.807) is 0 Å². The second-order valence-electron chi connectivity index (χ2n) is 3.62. The predicted molar refractivity (Wildman–Crippen MR) is 58.4 cm³/mol. The molecular formula is C12H14N2O. The Labute approximate surface area is 89.2 Å². The van der Waals surface area contributed by atoms with Crippen LogP contribution in [-0.2, 0) is 0 Å². The molecule has 0 N–H and O–H groups in total. The molecule has 78 valence electrons. The summed E-state index contributed by atoms with van der Waals surface area (Å²) in [6, 6.07) is 9.82. The van der Waals surface area contributed by atoms with Crippen molar-refractivity contribution in [3.63, 3.8) is 0 Å². The molecule has 0 bridgehead atoms. The topological polar surface area (TPSA) is 38.9 Å². The van der Waals surface area contributed by atoms with Crippen LogP contribution in [-0.4, -0.2) is 10.2 Å². The average molecular weight is 202 g/mol. The van der Waals surface area contributed by atoms with Crippen molar-refractivity contribution < 1.29 is 4.42 Å². The van der Waals surface area contributed by atoms with Gasteiger partial charge in [-0.1, -0.05) is 32.0 Å². The molecule has 1 atom stereocenters. The number of nitrogens with zero attached hydrogens (tertiary/aromatic N) is 2. The van der Waals surface area contributed by atoms with E-state index < -0.39 is 0 Å². The number of benzene rings is 1. The first kappa shape index (κ1) is 9.90. The van der Waals surface area contributed by atoms with Gasteiger partial charge in [0.15, 0.2) is 0 Å². The number of hydrogen-bond acceptors (Lipinski definition) is 3. The second kappa shape index (κ2) is 4.26. The molecule has 1 aromatic carbocycles. The van der Waals surface area contributed by atoms with Crippen LogP contribution in [0, 0.1) is 0 Å². The number of rotatable bonds is 3. The van der Waals surface area contributed by atoms with Gasteiger partial charge in [0.1, 0.15) is 0 Å². The minimum absolute atomic E-state index is 0.329. The molecule has 3 nitrogen and oxygen atoms in total. The van der Waals surface area contributed by atoms with Crippen molar-refractivity contribution in [1.82, 2.24) is 10.2 Å². The summed E-state index contributed by atoms with van der Waals surface area (Å²) in [5.41, 5.74) is 0.972. The van der Waals surface area contributed by atoms with E-state index >= 15 is 0 Å². The molecule has 0 aliphatic rings. The Hall–Kier alpha value is -1.64. The van der Waals surface area contributed by atoms with Gasteiger partial charge in [0.05, 0.1) is 0 Å². The molecule has 0 fully saturated rings. The Kier molecular flexibility index (Phi) is 2.81. The Morgan fingerprint density at radius 1 is 1.20 bits per heavy atom. The van der Waals surface area contributed by atoms with Crippen molar-refractivity contribution in [2.24, 2.45) is 0 Å². The second-order valence-corrected chi connectivity index (χ2v) is 3.62. The van der Waals surface area contributed by atoms with E-state index in [4.69, 9.17) is 4.42 Å². The predicted octanol–water partition coefficient (Wildman–Crippen LogP) is 3.25. The lowest BCUT2D eigenvalue weighted by atomic mass is 10.1. The van der Waals surface area contributed by atoms with Crippen molar-refractivity contribution >= 4 is 0 Å². The molecule has 0 amide bonds. The third-order valence-corrected chi connectivity index (χ3v) is 2.50. The summed E-state index contributed by atoms with van der Waals surface area (Å²) in [4.78, 5) is 0. The highest BCUT2D eigenvalue weighted by atomic mass is 16.4. The molecule has 2 rings (SSSR count). The zero-order chi connectivity index (χ0) is 10.7. The first-order valence-electron chi connectivity index (χ1n) is 5.20. The summed E-state index contributed by atoms with van der Waals surface area (Å²) in [5, 5.41) is 8.09. The maximum atomic E-state index is 5.60. The van der Waals surface area contributed by atoms with Gasteiger partial charge in [-0.05, 0) is 18.6 Å². The van der Waals surface area contributed by atoms with Gasteiger partial charge < -0.3 is 4.42 Å². The Morgan fingerprint density at radius 3 is 2.60 bits per heavy atom. The summed E-state index contributed by atoms with van der Waals surface area (Å²) in [6.07, 6.45) is 1.01. The number of hydrogen-bond donors (Lipinski definition) is 0. The highest BCUT2D eigenvalue weighted by molar-refractivity contribution is 5.51. The lowest BCUT2D eigenvalue weighted by molar-refractivity contribution is 0.462. The van der Waals surface area contributed by atoms with Gasteiger partial charge in [-0.15, -0.1) is 10.2 Å². The summed E-state index contributed by atoms with van der Waals surface area (Å²) in [7, 11) is 0. The van der Waals surface area contributed by atoms with Gasteiger partial charge in [-0.25, -0.2) is 0 Å². The maximum Gasteiger partial charge on any atom is 0.247 e. The molecule has 0 aliphatic carbocycles. The normalized spacial score (nSPS) is 12.7. The van der Waals surface area contributed by atoms with Crippen LogP contribution in [0.5, 0.6) is 0 Å². The van der Waals surface area contributed by atoms with Gasteiger partial charge >= 0.3 is 0 Å². The standard InChI is InChI=1S/C12H14N2O/c1-3-9(2)11-13-14-12(15-11)10-7-5-4-6-8-10/h4-9H,3H2,1-2H3. The van der Waals surface area contributed by atoms with Gasteiger partial charge in [0, 0.05) is 11.5 Å². The molecule has 0 saturated carbocycles. The zero-order valence-electron chi connectivity index (χ0n) is 8.97. The lowest BCUT2D eigenvalue weighted by Gasteiger charge is -1.99. The molecule has 0 spiro atoms. The molecule has 1 aromatic heterocycles. The van der Waals surface area contributed by atoms with E-state index in [1.807, 2.05) is 30.3 Å². The van der Waals surface area contributed by atoms with Gasteiger partial charge in [0.25, 0.3) is 0 Å². The molecule has 1 unspecified atom stereocenters. The van der Waals surface area contributed by atoms with Crippen molar-refractivity contribution in [3.05, 3.63) is 36.2 Å². The first-order chi connectivity index (χ1) is 7.31. The smallest absolute Gasteiger partial charge is 0.247 e. The zero-order valence-corrected chi connectivity index (χ0v) is 8.97. The van der Waals surface area contributed by atoms with E-state index in [0.29, 0.717) is 11.8 Å². The fourth-order valence-corrected chi connectivity index (χ4v) is 1.31. The highest BCUT2D eigenvalue weighted by Gasteiger charge is 2.12. The molecule has 1 heterocycles. The molecule has 15 heavy (non-hydrogen) atoms. The first-order valence-corrected chi connectivity index (χ1v) is 5.20. The summed E-state index contributed by atoms with van der Waals surface area (Å²) in [6.45, 7) is 4.19. The van der Waals surface area contributed by atoms with Crippen LogP contribution < -0.4 is 0 Å². The van der Waals surface area contributed by atoms with Crippen LogP contribution in [0.15, 0.2) is 34.7 Å². The van der Waals surface area contributed by atoms with E-state index in [9.17, 15) is 0 Å². The van der Waals surface area contributed by atoms with Crippen LogP contribution >= 0.6 is 0 Å². The molecule has 2 aromatic rings. The fraction of sp³-hybridized carbons (Fsp3) is 0.333. The maximum absolute atomic E-state index is 5.60. The summed E-state index contributed by atoms with van der Waals surface area (Å²) >= 11 is 0. The van der Waals surface area contributed by atoms with Crippen molar-refractivity contribution in [1.29, 1.82) is 0 Å². The highest BCUT2D eigenvalue weighted by Crippen LogP contribution is 2.22. The van der Waals surface area contributed by atoms with E-state index in [0.717, 1.165) is 17.9 Å². The SMILES string of the molecule is CCC(C)c1nnc(-c2ccccc2)o1. The van der Waals surface area contributed by atoms with Crippen molar-refractivity contribution in [2.75, 3.05) is 0 Å². The monoisotopic (exact) mass is 202 g/mol. The molecule has 3 heteroatoms. The van der Waals surface area contributed by atoms with Crippen molar-refractivity contribution in [2.45, 2.75) is 26.2 Å². The minimum Gasteiger partial charge on any atom is -0.420 e. The Balaban J connectivity index is 2.28. The molecule has 0 saturated heterocycles. The van der Waals surface area contributed by atoms with Crippen LogP contribution in [0.25, 0.3) is 11.5 Å². The Morgan fingerprint density at radius 2 is 1.93 bits per heavy atom. The largest absolute Gasteiger partial charge is 0.420 e. The van der Waals surface area contributed by atoms with Crippen LogP contribution in [0.4, 0.5) is 0 Å². The third kappa shape index (κ3) is 2.06. The molecule has 0 aliphatic heterocycles. The quantitative estimate of drug-likeness (QED) is 0.766.